The van der Waals surface area contributed by atoms with E-state index in [9.17, 15) is 0 Å². The van der Waals surface area contributed by atoms with Crippen molar-refractivity contribution < 1.29 is 0 Å². The monoisotopic (exact) mass is 348 g/mol. The van der Waals surface area contributed by atoms with Gasteiger partial charge >= 0.3 is 0 Å². The van der Waals surface area contributed by atoms with Gasteiger partial charge in [0, 0.05) is 10.5 Å². The molecule has 0 aliphatic heterocycles. The van der Waals surface area contributed by atoms with Crippen molar-refractivity contribution in [3.05, 3.63) is 34.4 Å². The predicted octanol–water partition coefficient (Wildman–Crippen LogP) is 7.61. The maximum absolute atomic E-state index is 2.48. The minimum absolute atomic E-state index is 0.162. The van der Waals surface area contributed by atoms with E-state index >= 15 is 0 Å². The Hall–Kier alpha value is -0.430. The number of hydrogen-bond donors (Lipinski definition) is 0. The van der Waals surface area contributed by atoms with Crippen molar-refractivity contribution in [1.82, 2.24) is 0 Å². The second kappa shape index (κ2) is 6.71. The van der Waals surface area contributed by atoms with Crippen molar-refractivity contribution in [3.63, 3.8) is 0 Å². The normalized spacial score (nSPS) is 14.2. The first-order valence-corrected chi connectivity index (χ1v) is 10.2. The molecule has 0 saturated carbocycles. The molecule has 0 fully saturated rings. The zero-order chi connectivity index (χ0) is 19.1. The van der Waals surface area contributed by atoms with Gasteiger partial charge < -0.3 is 0 Å². The summed E-state index contributed by atoms with van der Waals surface area (Å²) in [6.07, 6.45) is 0. The minimum atomic E-state index is 0.162. The van der Waals surface area contributed by atoms with Crippen LogP contribution >= 0.6 is 11.8 Å². The second-order valence-electron chi connectivity index (χ2n) is 11.2. The fourth-order valence-corrected chi connectivity index (χ4v) is 3.78. The van der Waals surface area contributed by atoms with Crippen LogP contribution in [0.2, 0.25) is 0 Å². The highest BCUT2D eigenvalue weighted by atomic mass is 32.2. The summed E-state index contributed by atoms with van der Waals surface area (Å²) >= 11 is 2.06. The van der Waals surface area contributed by atoms with Crippen molar-refractivity contribution in [1.29, 1.82) is 0 Å². The quantitative estimate of drug-likeness (QED) is 0.530. The summed E-state index contributed by atoms with van der Waals surface area (Å²) in [6.45, 7) is 28.0. The summed E-state index contributed by atoms with van der Waals surface area (Å²) in [5.41, 5.74) is 6.57. The van der Waals surface area contributed by atoms with Gasteiger partial charge in [-0.2, -0.15) is 11.8 Å². The van der Waals surface area contributed by atoms with Gasteiger partial charge in [-0.3, -0.25) is 0 Å². The van der Waals surface area contributed by atoms with Gasteiger partial charge in [0.05, 0.1) is 0 Å². The third-order valence-electron chi connectivity index (χ3n) is 4.38. The lowest BCUT2D eigenvalue weighted by Crippen LogP contribution is -2.24. The molecular formula is C23H40S. The number of benzene rings is 1. The van der Waals surface area contributed by atoms with Crippen LogP contribution in [0.5, 0.6) is 0 Å². The summed E-state index contributed by atoms with van der Waals surface area (Å²) in [4.78, 5) is 0. The molecule has 0 nitrogen and oxygen atoms in total. The van der Waals surface area contributed by atoms with Crippen LogP contribution in [-0.4, -0.2) is 4.75 Å². The Balaban J connectivity index is 3.68. The van der Waals surface area contributed by atoms with Gasteiger partial charge in [-0.15, -0.1) is 0 Å². The van der Waals surface area contributed by atoms with Gasteiger partial charge in [0.25, 0.3) is 0 Å². The van der Waals surface area contributed by atoms with Crippen LogP contribution in [0.4, 0.5) is 0 Å². The van der Waals surface area contributed by atoms with Gasteiger partial charge in [0.15, 0.2) is 0 Å². The van der Waals surface area contributed by atoms with Crippen molar-refractivity contribution in [2.24, 2.45) is 0 Å². The molecule has 24 heavy (non-hydrogen) atoms. The molecular weight excluding hydrogens is 308 g/mol. The van der Waals surface area contributed by atoms with Gasteiger partial charge in [-0.1, -0.05) is 95.2 Å². The molecule has 0 aliphatic rings. The van der Waals surface area contributed by atoms with E-state index in [1.165, 1.54) is 16.7 Å². The van der Waals surface area contributed by atoms with Gasteiger partial charge in [0.2, 0.25) is 0 Å². The highest BCUT2D eigenvalue weighted by molar-refractivity contribution is 7.99. The Bertz CT molecular complexity index is 531. The van der Waals surface area contributed by atoms with Crippen LogP contribution in [-0.2, 0) is 22.0 Å². The lowest BCUT2D eigenvalue weighted by molar-refractivity contribution is 0.541. The Kier molecular flexibility index (Phi) is 6.04. The third kappa shape index (κ3) is 5.83. The lowest BCUT2D eigenvalue weighted by Gasteiger charge is -2.34. The van der Waals surface area contributed by atoms with Gasteiger partial charge in [0.1, 0.15) is 0 Å². The Morgan fingerprint density at radius 1 is 0.625 bits per heavy atom. The number of rotatable bonds is 2. The molecule has 0 saturated heterocycles. The van der Waals surface area contributed by atoms with Gasteiger partial charge in [-0.05, 0) is 38.5 Å². The fraction of sp³-hybridized carbons (Fsp3) is 0.739. The molecule has 1 heteroatoms. The Morgan fingerprint density at radius 2 is 1.00 bits per heavy atom. The summed E-state index contributed by atoms with van der Waals surface area (Å²) in [6, 6.07) is 4.96. The van der Waals surface area contributed by atoms with Crippen LogP contribution in [0, 0.1) is 0 Å². The first kappa shape index (κ1) is 21.6. The summed E-state index contributed by atoms with van der Waals surface area (Å²) in [5.74, 6) is 1.09. The molecule has 0 N–H and O–H groups in total. The second-order valence-corrected chi connectivity index (χ2v) is 13.0. The fourth-order valence-electron chi connectivity index (χ4n) is 2.89. The average Bonchev–Trinajstić information content (AvgIpc) is 2.30. The molecule has 1 rings (SSSR count). The molecule has 1 aromatic carbocycles. The molecule has 0 unspecified atom stereocenters. The van der Waals surface area contributed by atoms with Crippen molar-refractivity contribution in [2.45, 2.75) is 110 Å². The summed E-state index contributed by atoms with van der Waals surface area (Å²) < 4.78 is 0.285. The van der Waals surface area contributed by atoms with Crippen molar-refractivity contribution in [2.75, 3.05) is 0 Å². The van der Waals surface area contributed by atoms with E-state index < -0.39 is 0 Å². The molecule has 138 valence electrons. The van der Waals surface area contributed by atoms with E-state index in [-0.39, 0.29) is 21.0 Å². The van der Waals surface area contributed by atoms with Crippen LogP contribution in [0.15, 0.2) is 12.1 Å². The predicted molar refractivity (Wildman–Crippen MR) is 114 cm³/mol. The van der Waals surface area contributed by atoms with E-state index in [0.29, 0.717) is 0 Å². The standard InChI is InChI=1S/C23H40S/c1-20(2,3)16-13-18(21(4,5)6)17(15-24-23(10,11)12)19(14-16)22(7,8)9/h13-14H,15H2,1-12H3. The number of hydrogen-bond acceptors (Lipinski definition) is 1. The zero-order valence-corrected chi connectivity index (χ0v) is 19.1. The summed E-state index contributed by atoms with van der Waals surface area (Å²) in [7, 11) is 0. The van der Waals surface area contributed by atoms with E-state index in [1.807, 2.05) is 0 Å². The minimum Gasteiger partial charge on any atom is -0.151 e. The zero-order valence-electron chi connectivity index (χ0n) is 18.3. The van der Waals surface area contributed by atoms with Crippen LogP contribution < -0.4 is 0 Å². The maximum Gasteiger partial charge on any atom is 0.0195 e. The lowest BCUT2D eigenvalue weighted by atomic mass is 9.72. The average molecular weight is 349 g/mol. The Morgan fingerprint density at radius 3 is 1.25 bits per heavy atom. The van der Waals surface area contributed by atoms with E-state index in [4.69, 9.17) is 0 Å². The topological polar surface area (TPSA) is 0 Å². The largest absolute Gasteiger partial charge is 0.151 e. The molecule has 0 bridgehead atoms. The van der Waals surface area contributed by atoms with Gasteiger partial charge in [-0.25, -0.2) is 0 Å². The highest BCUT2D eigenvalue weighted by Gasteiger charge is 2.29. The van der Waals surface area contributed by atoms with Crippen LogP contribution in [0.25, 0.3) is 0 Å². The molecule has 0 aliphatic carbocycles. The molecule has 0 spiro atoms. The van der Waals surface area contributed by atoms with E-state index in [0.717, 1.165) is 5.75 Å². The maximum atomic E-state index is 2.48. The first-order chi connectivity index (χ1) is 10.4. The third-order valence-corrected chi connectivity index (χ3v) is 5.68. The van der Waals surface area contributed by atoms with E-state index in [2.05, 4.69) is 107 Å². The first-order valence-electron chi connectivity index (χ1n) is 9.25. The molecule has 0 amide bonds. The smallest absolute Gasteiger partial charge is 0.0195 e. The highest BCUT2D eigenvalue weighted by Crippen LogP contribution is 2.41. The van der Waals surface area contributed by atoms with Crippen LogP contribution in [0.1, 0.15) is 105 Å². The summed E-state index contributed by atoms with van der Waals surface area (Å²) in [5, 5.41) is 0. The molecule has 0 heterocycles. The number of thioether (sulfide) groups is 1. The van der Waals surface area contributed by atoms with E-state index in [1.54, 1.807) is 5.56 Å². The molecule has 0 radical (unpaired) electrons. The van der Waals surface area contributed by atoms with Crippen molar-refractivity contribution in [3.8, 4) is 0 Å². The van der Waals surface area contributed by atoms with Crippen LogP contribution in [0.3, 0.4) is 0 Å². The van der Waals surface area contributed by atoms with Crippen molar-refractivity contribution >= 4 is 11.8 Å². The molecule has 0 atom stereocenters. The molecule has 1 aromatic rings. The molecule has 0 aromatic heterocycles. The Labute approximate surface area is 156 Å². The SMILES string of the molecule is CC(C)(C)SCc1c(C(C)(C)C)cc(C(C)(C)C)cc1C(C)(C)C.